The summed E-state index contributed by atoms with van der Waals surface area (Å²) in [7, 11) is 2.17. The van der Waals surface area contributed by atoms with Crippen LogP contribution >= 0.6 is 0 Å². The molecule has 1 aliphatic heterocycles. The van der Waals surface area contributed by atoms with E-state index in [-0.39, 0.29) is 11.8 Å². The third-order valence-corrected chi connectivity index (χ3v) is 6.23. The van der Waals surface area contributed by atoms with E-state index in [1.54, 1.807) is 0 Å². The number of nitrogens with one attached hydrogen (secondary N) is 1. The molecular weight excluding hydrogens is 322 g/mol. The second-order valence-corrected chi connectivity index (χ2v) is 7.56. The Labute approximate surface area is 155 Å². The largest absolute Gasteiger partial charge is 0.358 e. The molecule has 2 heterocycles. The molecule has 0 radical (unpaired) electrons. The summed E-state index contributed by atoms with van der Waals surface area (Å²) in [6, 6.07) is 6.91. The van der Waals surface area contributed by atoms with Crippen LogP contribution in [0.15, 0.2) is 24.3 Å². The summed E-state index contributed by atoms with van der Waals surface area (Å²) in [5.41, 5.74) is 6.72. The number of fused-ring (bicyclic) bond motifs is 2. The van der Waals surface area contributed by atoms with Crippen molar-refractivity contribution in [3.8, 4) is 0 Å². The summed E-state index contributed by atoms with van der Waals surface area (Å²) in [6.07, 6.45) is 4.33. The normalized spacial score (nSPS) is 22.2. The molecule has 1 aromatic carbocycles. The predicted octanol–water partition coefficient (Wildman–Crippen LogP) is 3.47. The molecule has 0 saturated heterocycles. The van der Waals surface area contributed by atoms with Crippen molar-refractivity contribution in [1.29, 1.82) is 0 Å². The molecule has 0 unspecified atom stereocenters. The highest BCUT2D eigenvalue weighted by atomic mass is 16.2. The Balaban J connectivity index is 1.83. The fourth-order valence-electron chi connectivity index (χ4n) is 4.84. The van der Waals surface area contributed by atoms with Crippen LogP contribution in [0.25, 0.3) is 16.5 Å². The summed E-state index contributed by atoms with van der Waals surface area (Å²) >= 11 is 0. The Morgan fingerprint density at radius 3 is 2.73 bits per heavy atom. The number of amides is 1. The molecule has 4 rings (SSSR count). The van der Waals surface area contributed by atoms with Crippen LogP contribution in [-0.4, -0.2) is 53.4 Å². The van der Waals surface area contributed by atoms with Crippen molar-refractivity contribution < 1.29 is 4.79 Å². The van der Waals surface area contributed by atoms with Gasteiger partial charge >= 0.3 is 0 Å². The fraction of sp³-hybridized carbons (Fsp3) is 0.500. The van der Waals surface area contributed by atoms with Gasteiger partial charge in [-0.3, -0.25) is 9.69 Å². The van der Waals surface area contributed by atoms with E-state index in [9.17, 15) is 4.79 Å². The number of aromatic nitrogens is 1. The van der Waals surface area contributed by atoms with Crippen molar-refractivity contribution in [1.82, 2.24) is 14.8 Å². The number of hydrogen-bond acceptors (Lipinski definition) is 2. The molecule has 1 aromatic heterocycles. The average Bonchev–Trinajstić information content (AvgIpc) is 3.02. The lowest BCUT2D eigenvalue weighted by molar-refractivity contribution is -0.134. The van der Waals surface area contributed by atoms with Gasteiger partial charge in [0.15, 0.2) is 0 Å². The third kappa shape index (κ3) is 2.50. The molecule has 0 bridgehead atoms. The molecule has 4 nitrogen and oxygen atoms in total. The van der Waals surface area contributed by atoms with Crippen molar-refractivity contribution >= 4 is 22.4 Å². The fourth-order valence-corrected chi connectivity index (χ4v) is 4.84. The number of H-pyrrole nitrogens is 1. The highest BCUT2D eigenvalue weighted by Crippen LogP contribution is 2.42. The molecule has 0 fully saturated rings. The van der Waals surface area contributed by atoms with E-state index in [0.29, 0.717) is 6.04 Å². The molecule has 4 heteroatoms. The van der Waals surface area contributed by atoms with Gasteiger partial charge in [0, 0.05) is 42.3 Å². The molecule has 2 atom stereocenters. The highest BCUT2D eigenvalue weighted by Gasteiger charge is 2.37. The Morgan fingerprint density at radius 1 is 1.27 bits per heavy atom. The van der Waals surface area contributed by atoms with Crippen LogP contribution in [0.1, 0.15) is 37.6 Å². The lowest BCUT2D eigenvalue weighted by atomic mass is 9.79. The second-order valence-electron chi connectivity index (χ2n) is 7.56. The van der Waals surface area contributed by atoms with Crippen molar-refractivity contribution in [2.75, 3.05) is 26.7 Å². The number of benzene rings is 1. The molecule has 0 saturated carbocycles. The van der Waals surface area contributed by atoms with Crippen molar-refractivity contribution in [2.24, 2.45) is 5.92 Å². The smallest absolute Gasteiger partial charge is 0.230 e. The van der Waals surface area contributed by atoms with Gasteiger partial charge in [0.1, 0.15) is 0 Å². The zero-order chi connectivity index (χ0) is 18.4. The number of carbonyl (C=O) groups is 1. The Bertz CT molecular complexity index is 875. The molecular formula is C22H29N3O. The van der Waals surface area contributed by atoms with Crippen molar-refractivity contribution in [2.45, 2.75) is 39.7 Å². The molecule has 138 valence electrons. The minimum Gasteiger partial charge on any atom is -0.358 e. The Hall–Kier alpha value is -2.07. The molecule has 1 aliphatic carbocycles. The number of aryl methyl sites for hydroxylation is 1. The van der Waals surface area contributed by atoms with E-state index < -0.39 is 0 Å². The summed E-state index contributed by atoms with van der Waals surface area (Å²) in [5.74, 6) is 0.210. The van der Waals surface area contributed by atoms with Gasteiger partial charge in [-0.05, 0) is 56.5 Å². The standard InChI is InChI=1S/C22H29N3O/c1-5-18-17-12-20-16(15-9-8-10-19(23-18)21(15)17)11-14(13-24(20)4)22(26)25(6-2)7-3/h8-11,14,20,23H,5-7,12-13H2,1-4H3/t14-,20-/m0/s1. The van der Waals surface area contributed by atoms with Crippen molar-refractivity contribution in [3.05, 3.63) is 41.1 Å². The van der Waals surface area contributed by atoms with E-state index in [4.69, 9.17) is 0 Å². The summed E-state index contributed by atoms with van der Waals surface area (Å²) in [4.78, 5) is 20.9. The summed E-state index contributed by atoms with van der Waals surface area (Å²) in [5, 5.41) is 1.37. The maximum Gasteiger partial charge on any atom is 0.230 e. The lowest BCUT2D eigenvalue weighted by Crippen LogP contribution is -2.47. The first-order valence-electron chi connectivity index (χ1n) is 9.92. The van der Waals surface area contributed by atoms with Crippen molar-refractivity contribution in [3.63, 3.8) is 0 Å². The zero-order valence-corrected chi connectivity index (χ0v) is 16.3. The SMILES string of the molecule is CCc1[nH]c2cccc3c2c1C[C@H]1C3=C[C@H](C(=O)N(CC)CC)CN1C. The van der Waals surface area contributed by atoms with E-state index in [0.717, 1.165) is 32.5 Å². The molecule has 0 spiro atoms. The lowest BCUT2D eigenvalue weighted by Gasteiger charge is -2.40. The van der Waals surface area contributed by atoms with E-state index in [1.165, 1.54) is 33.3 Å². The van der Waals surface area contributed by atoms with Crippen LogP contribution in [0, 0.1) is 5.92 Å². The van der Waals surface area contributed by atoms with Gasteiger partial charge in [-0.15, -0.1) is 0 Å². The number of likely N-dealkylation sites (N-methyl/N-ethyl adjacent to an activating group) is 1. The molecule has 26 heavy (non-hydrogen) atoms. The van der Waals surface area contributed by atoms with Gasteiger partial charge < -0.3 is 9.88 Å². The third-order valence-electron chi connectivity index (χ3n) is 6.23. The van der Waals surface area contributed by atoms with Gasteiger partial charge in [0.25, 0.3) is 0 Å². The first kappa shape index (κ1) is 17.3. The van der Waals surface area contributed by atoms with Gasteiger partial charge in [-0.1, -0.05) is 25.1 Å². The predicted molar refractivity (Wildman–Crippen MR) is 107 cm³/mol. The van der Waals surface area contributed by atoms with Crippen LogP contribution in [0.3, 0.4) is 0 Å². The maximum absolute atomic E-state index is 13.0. The van der Waals surface area contributed by atoms with Crippen LogP contribution in [0.4, 0.5) is 0 Å². The number of nitrogens with zero attached hydrogens (tertiary/aromatic N) is 2. The molecule has 1 amide bonds. The first-order valence-corrected chi connectivity index (χ1v) is 9.92. The van der Waals surface area contributed by atoms with Crippen LogP contribution in [-0.2, 0) is 17.6 Å². The molecule has 1 N–H and O–H groups in total. The number of rotatable bonds is 4. The molecule has 2 aromatic rings. The minimum atomic E-state index is -0.0486. The van der Waals surface area contributed by atoms with Crippen LogP contribution in [0.5, 0.6) is 0 Å². The zero-order valence-electron chi connectivity index (χ0n) is 16.3. The van der Waals surface area contributed by atoms with E-state index >= 15 is 0 Å². The second kappa shape index (κ2) is 6.58. The monoisotopic (exact) mass is 351 g/mol. The highest BCUT2D eigenvalue weighted by molar-refractivity contribution is 6.00. The minimum absolute atomic E-state index is 0.0486. The van der Waals surface area contributed by atoms with E-state index in [2.05, 4.69) is 62.0 Å². The average molecular weight is 351 g/mol. The quantitative estimate of drug-likeness (QED) is 0.916. The molecule has 2 aliphatic rings. The Morgan fingerprint density at radius 2 is 2.04 bits per heavy atom. The van der Waals surface area contributed by atoms with E-state index in [1.807, 2.05) is 4.90 Å². The van der Waals surface area contributed by atoms with Crippen LogP contribution in [0.2, 0.25) is 0 Å². The summed E-state index contributed by atoms with van der Waals surface area (Å²) in [6.45, 7) is 8.70. The van der Waals surface area contributed by atoms with Gasteiger partial charge in [0.05, 0.1) is 5.92 Å². The number of carbonyl (C=O) groups excluding carboxylic acids is 1. The number of aromatic amines is 1. The first-order chi connectivity index (χ1) is 12.6. The van der Waals surface area contributed by atoms with Gasteiger partial charge in [-0.2, -0.15) is 0 Å². The topological polar surface area (TPSA) is 39.3 Å². The Kier molecular flexibility index (Phi) is 4.39. The van der Waals surface area contributed by atoms with Gasteiger partial charge in [-0.25, -0.2) is 0 Å². The summed E-state index contributed by atoms with van der Waals surface area (Å²) < 4.78 is 0. The maximum atomic E-state index is 13.0. The van der Waals surface area contributed by atoms with Gasteiger partial charge in [0.2, 0.25) is 5.91 Å². The number of hydrogen-bond donors (Lipinski definition) is 1. The van der Waals surface area contributed by atoms with Crippen LogP contribution < -0.4 is 0 Å².